The molecule has 3 rings (SSSR count). The van der Waals surface area contributed by atoms with E-state index >= 15 is 0 Å². The van der Waals surface area contributed by atoms with E-state index in [1.807, 2.05) is 0 Å². The smallest absolute Gasteiger partial charge is 0.0133 e. The number of fused-ring (bicyclic) bond motifs is 1. The standard InChI is InChI=1S/C20H29N.ClH/c1-21(2)18-14-13-17-11-8-12-19(20(17)15-18)16-9-6-4-3-5-7-10-16;/h8-9,11-12,18H,3-7,10,13-15H2,1-2H3;1H/b16-9+;/t18-;/m1./s1. The summed E-state index contributed by atoms with van der Waals surface area (Å²) in [6, 6.07) is 7.73. The molecule has 0 spiro atoms. The Morgan fingerprint density at radius 3 is 2.64 bits per heavy atom. The lowest BCUT2D eigenvalue weighted by Gasteiger charge is -2.31. The van der Waals surface area contributed by atoms with Crippen molar-refractivity contribution in [3.63, 3.8) is 0 Å². The minimum Gasteiger partial charge on any atom is -0.306 e. The number of benzene rings is 1. The quantitative estimate of drug-likeness (QED) is 0.718. The van der Waals surface area contributed by atoms with Crippen LogP contribution in [0, 0.1) is 0 Å². The van der Waals surface area contributed by atoms with Crippen molar-refractivity contribution in [3.8, 4) is 0 Å². The van der Waals surface area contributed by atoms with Crippen molar-refractivity contribution in [2.24, 2.45) is 0 Å². The zero-order valence-electron chi connectivity index (χ0n) is 14.1. The fraction of sp³-hybridized carbons (Fsp3) is 0.600. The molecule has 1 nitrogen and oxygen atoms in total. The molecule has 0 aliphatic heterocycles. The van der Waals surface area contributed by atoms with Gasteiger partial charge in [0.1, 0.15) is 0 Å². The van der Waals surface area contributed by atoms with E-state index < -0.39 is 0 Å². The van der Waals surface area contributed by atoms with E-state index in [0.717, 1.165) is 0 Å². The third kappa shape index (κ3) is 3.94. The van der Waals surface area contributed by atoms with Gasteiger partial charge in [-0.05, 0) is 81.3 Å². The van der Waals surface area contributed by atoms with Crippen LogP contribution in [0.2, 0.25) is 0 Å². The Balaban J connectivity index is 0.00000176. The van der Waals surface area contributed by atoms with Crippen LogP contribution < -0.4 is 0 Å². The van der Waals surface area contributed by atoms with Crippen LogP contribution in [0.4, 0.5) is 0 Å². The zero-order chi connectivity index (χ0) is 14.7. The predicted molar refractivity (Wildman–Crippen MR) is 98.9 cm³/mol. The summed E-state index contributed by atoms with van der Waals surface area (Å²) in [7, 11) is 4.46. The van der Waals surface area contributed by atoms with Gasteiger partial charge in [0.2, 0.25) is 0 Å². The van der Waals surface area contributed by atoms with Crippen LogP contribution in [-0.4, -0.2) is 25.0 Å². The highest BCUT2D eigenvalue weighted by molar-refractivity contribution is 5.85. The minimum atomic E-state index is 0. The highest BCUT2D eigenvalue weighted by atomic mass is 35.5. The molecule has 0 heterocycles. The average Bonchev–Trinajstić information content (AvgIpc) is 2.46. The van der Waals surface area contributed by atoms with E-state index in [1.54, 1.807) is 22.3 Å². The number of hydrogen-bond donors (Lipinski definition) is 0. The molecule has 1 aromatic carbocycles. The zero-order valence-corrected chi connectivity index (χ0v) is 14.9. The second-order valence-corrected chi connectivity index (χ2v) is 6.99. The van der Waals surface area contributed by atoms with Crippen molar-refractivity contribution in [1.82, 2.24) is 4.90 Å². The first-order valence-corrected chi connectivity index (χ1v) is 8.72. The molecule has 0 N–H and O–H groups in total. The summed E-state index contributed by atoms with van der Waals surface area (Å²) in [5.74, 6) is 0. The van der Waals surface area contributed by atoms with Crippen LogP contribution in [0.5, 0.6) is 0 Å². The molecule has 0 saturated heterocycles. The fourth-order valence-corrected chi connectivity index (χ4v) is 3.95. The Morgan fingerprint density at radius 1 is 1.00 bits per heavy atom. The normalized spacial score (nSPS) is 24.5. The number of nitrogens with zero attached hydrogens (tertiary/aromatic N) is 1. The van der Waals surface area contributed by atoms with Gasteiger partial charge in [0.25, 0.3) is 0 Å². The van der Waals surface area contributed by atoms with Gasteiger partial charge in [0.15, 0.2) is 0 Å². The molecule has 22 heavy (non-hydrogen) atoms. The second-order valence-electron chi connectivity index (χ2n) is 6.99. The molecule has 0 radical (unpaired) electrons. The third-order valence-corrected chi connectivity index (χ3v) is 5.33. The number of hydrogen-bond acceptors (Lipinski definition) is 1. The molecule has 2 aliphatic rings. The minimum absolute atomic E-state index is 0. The van der Waals surface area contributed by atoms with Gasteiger partial charge in [-0.2, -0.15) is 0 Å². The van der Waals surface area contributed by atoms with Crippen molar-refractivity contribution in [2.75, 3.05) is 14.1 Å². The lowest BCUT2D eigenvalue weighted by atomic mass is 9.81. The van der Waals surface area contributed by atoms with Gasteiger partial charge in [-0.15, -0.1) is 12.4 Å². The van der Waals surface area contributed by atoms with Gasteiger partial charge < -0.3 is 4.90 Å². The number of aryl methyl sites for hydroxylation is 1. The van der Waals surface area contributed by atoms with Crippen molar-refractivity contribution in [2.45, 2.75) is 63.8 Å². The fourth-order valence-electron chi connectivity index (χ4n) is 3.95. The van der Waals surface area contributed by atoms with E-state index in [0.29, 0.717) is 6.04 Å². The molecule has 0 bridgehead atoms. The van der Waals surface area contributed by atoms with E-state index in [2.05, 4.69) is 43.3 Å². The van der Waals surface area contributed by atoms with Crippen LogP contribution in [0.15, 0.2) is 24.3 Å². The molecule has 0 saturated carbocycles. The van der Waals surface area contributed by atoms with E-state index in [1.165, 1.54) is 57.8 Å². The number of halogens is 1. The SMILES string of the molecule is CN(C)[C@@H]1CCc2cccc(/C3=C/CCCCCC3)c2C1.Cl. The van der Waals surface area contributed by atoms with Crippen LogP contribution in [0.25, 0.3) is 5.57 Å². The molecule has 0 fully saturated rings. The lowest BCUT2D eigenvalue weighted by Crippen LogP contribution is -2.34. The van der Waals surface area contributed by atoms with Crippen LogP contribution in [-0.2, 0) is 12.8 Å². The van der Waals surface area contributed by atoms with Crippen molar-refractivity contribution < 1.29 is 0 Å². The third-order valence-electron chi connectivity index (χ3n) is 5.33. The Kier molecular flexibility index (Phi) is 6.52. The van der Waals surface area contributed by atoms with E-state index in [-0.39, 0.29) is 12.4 Å². The molecular formula is C20H30ClN. The molecule has 0 aromatic heterocycles. The number of likely N-dealkylation sites (N-methyl/N-ethyl adjacent to an activating group) is 1. The Hall–Kier alpha value is -0.790. The number of allylic oxidation sites excluding steroid dienone is 2. The van der Waals surface area contributed by atoms with Crippen LogP contribution in [0.1, 0.15) is 61.6 Å². The molecule has 122 valence electrons. The topological polar surface area (TPSA) is 3.24 Å². The highest BCUT2D eigenvalue weighted by Crippen LogP contribution is 2.33. The molecule has 0 amide bonds. The second kappa shape index (κ2) is 8.17. The maximum Gasteiger partial charge on any atom is 0.0133 e. The maximum atomic E-state index is 2.54. The van der Waals surface area contributed by atoms with Gasteiger partial charge in [-0.25, -0.2) is 0 Å². The maximum absolute atomic E-state index is 2.54. The Morgan fingerprint density at radius 2 is 1.82 bits per heavy atom. The molecule has 2 aliphatic carbocycles. The largest absolute Gasteiger partial charge is 0.306 e. The predicted octanol–water partition coefficient (Wildman–Crippen LogP) is 5.26. The highest BCUT2D eigenvalue weighted by Gasteiger charge is 2.23. The van der Waals surface area contributed by atoms with Crippen molar-refractivity contribution >= 4 is 18.0 Å². The van der Waals surface area contributed by atoms with Gasteiger partial charge in [0, 0.05) is 6.04 Å². The summed E-state index contributed by atoms with van der Waals surface area (Å²) in [5, 5.41) is 0. The molecule has 0 unspecified atom stereocenters. The molecular weight excluding hydrogens is 290 g/mol. The summed E-state index contributed by atoms with van der Waals surface area (Å²) < 4.78 is 0. The first-order valence-electron chi connectivity index (χ1n) is 8.72. The van der Waals surface area contributed by atoms with Crippen LogP contribution in [0.3, 0.4) is 0 Å². The number of rotatable bonds is 2. The van der Waals surface area contributed by atoms with Gasteiger partial charge in [0.05, 0.1) is 0 Å². The monoisotopic (exact) mass is 319 g/mol. The molecule has 1 atom stereocenters. The summed E-state index contributed by atoms with van der Waals surface area (Å²) in [5.41, 5.74) is 6.45. The van der Waals surface area contributed by atoms with Crippen molar-refractivity contribution in [1.29, 1.82) is 0 Å². The van der Waals surface area contributed by atoms with E-state index in [4.69, 9.17) is 0 Å². The van der Waals surface area contributed by atoms with Gasteiger partial charge in [-0.3, -0.25) is 0 Å². The first-order chi connectivity index (χ1) is 10.3. The van der Waals surface area contributed by atoms with Gasteiger partial charge >= 0.3 is 0 Å². The molecule has 1 aromatic rings. The Labute approximate surface area is 142 Å². The summed E-state index contributed by atoms with van der Waals surface area (Å²) in [4.78, 5) is 2.41. The van der Waals surface area contributed by atoms with Crippen LogP contribution >= 0.6 is 12.4 Å². The van der Waals surface area contributed by atoms with Gasteiger partial charge in [-0.1, -0.05) is 37.1 Å². The summed E-state index contributed by atoms with van der Waals surface area (Å²) in [6.07, 6.45) is 14.4. The summed E-state index contributed by atoms with van der Waals surface area (Å²) >= 11 is 0. The summed E-state index contributed by atoms with van der Waals surface area (Å²) in [6.45, 7) is 0. The van der Waals surface area contributed by atoms with Crippen molar-refractivity contribution in [3.05, 3.63) is 41.0 Å². The van der Waals surface area contributed by atoms with E-state index in [9.17, 15) is 0 Å². The lowest BCUT2D eigenvalue weighted by molar-refractivity contribution is 0.268. The first kappa shape index (κ1) is 17.6. The average molecular weight is 320 g/mol. The molecule has 2 heteroatoms. The Bertz CT molecular complexity index is 518.